The Kier molecular flexibility index (Phi) is 3.71. The number of rotatable bonds is 3. The zero-order valence-electron chi connectivity index (χ0n) is 11.0. The van der Waals surface area contributed by atoms with Crippen molar-refractivity contribution in [2.24, 2.45) is 0 Å². The maximum atomic E-state index is 3.52. The third kappa shape index (κ3) is 4.76. The number of hydrogen-bond donors (Lipinski definition) is 1. The van der Waals surface area contributed by atoms with Crippen molar-refractivity contribution < 1.29 is 0 Å². The molecule has 17 heavy (non-hydrogen) atoms. The van der Waals surface area contributed by atoms with Crippen LogP contribution in [0.3, 0.4) is 0 Å². The van der Waals surface area contributed by atoms with Crippen LogP contribution in [0.4, 0.5) is 0 Å². The van der Waals surface area contributed by atoms with Crippen LogP contribution in [0.5, 0.6) is 0 Å². The molecular formula is C15H21NSi. The summed E-state index contributed by atoms with van der Waals surface area (Å²) >= 11 is 0. The molecule has 0 saturated heterocycles. The second-order valence-corrected chi connectivity index (χ2v) is 10.6. The number of nitrogens with one attached hydrogen (secondary N) is 1. The minimum Gasteiger partial charge on any atom is -0.310 e. The van der Waals surface area contributed by atoms with Crippen LogP contribution in [-0.2, 0) is 6.54 Å². The number of hydrogen-bond acceptors (Lipinski definition) is 1. The predicted octanol–water partition coefficient (Wildman–Crippen LogP) is 3.17. The standard InChI is InChI=1S/C15H21NSi/c1-17(2,3)11-10-13-4-6-14(7-5-13)12-16-15-8-9-15/h4-7,15-16H,8-9,12H2,1-3H3. The fraction of sp³-hybridized carbons (Fsp3) is 0.467. The Morgan fingerprint density at radius 2 is 1.82 bits per heavy atom. The lowest BCUT2D eigenvalue weighted by Crippen LogP contribution is -2.16. The van der Waals surface area contributed by atoms with E-state index in [1.54, 1.807) is 0 Å². The van der Waals surface area contributed by atoms with Gasteiger partial charge in [0.2, 0.25) is 0 Å². The Bertz CT molecular complexity index is 427. The maximum Gasteiger partial charge on any atom is 0.129 e. The molecule has 1 nitrogen and oxygen atoms in total. The molecule has 0 atom stereocenters. The van der Waals surface area contributed by atoms with Crippen molar-refractivity contribution in [2.75, 3.05) is 0 Å². The molecule has 1 aliphatic rings. The Hall–Kier alpha value is -1.04. The topological polar surface area (TPSA) is 12.0 Å². The predicted molar refractivity (Wildman–Crippen MR) is 76.5 cm³/mol. The maximum absolute atomic E-state index is 3.52. The molecule has 0 unspecified atom stereocenters. The van der Waals surface area contributed by atoms with Crippen LogP contribution in [0.2, 0.25) is 19.6 Å². The summed E-state index contributed by atoms with van der Waals surface area (Å²) in [7, 11) is -1.25. The molecule has 0 aliphatic heterocycles. The summed E-state index contributed by atoms with van der Waals surface area (Å²) in [5.41, 5.74) is 5.89. The molecule has 1 fully saturated rings. The normalized spacial score (nSPS) is 15.2. The Balaban J connectivity index is 1.93. The molecule has 2 rings (SSSR count). The highest BCUT2D eigenvalue weighted by Crippen LogP contribution is 2.19. The molecule has 0 heterocycles. The van der Waals surface area contributed by atoms with E-state index < -0.39 is 8.07 Å². The first-order valence-electron chi connectivity index (χ1n) is 6.38. The first kappa shape index (κ1) is 12.4. The molecule has 1 aromatic rings. The summed E-state index contributed by atoms with van der Waals surface area (Å²) in [6, 6.07) is 9.42. The van der Waals surface area contributed by atoms with Gasteiger partial charge in [0.1, 0.15) is 8.07 Å². The summed E-state index contributed by atoms with van der Waals surface area (Å²) in [5.74, 6) is 3.28. The minimum atomic E-state index is -1.25. The van der Waals surface area contributed by atoms with Gasteiger partial charge in [-0.2, -0.15) is 0 Å². The molecule has 1 aromatic carbocycles. The molecule has 1 aliphatic carbocycles. The van der Waals surface area contributed by atoms with E-state index in [1.165, 1.54) is 18.4 Å². The molecule has 0 amide bonds. The second-order valence-electron chi connectivity index (χ2n) is 5.85. The van der Waals surface area contributed by atoms with Gasteiger partial charge in [-0.05, 0) is 30.5 Å². The van der Waals surface area contributed by atoms with Crippen molar-refractivity contribution in [3.63, 3.8) is 0 Å². The van der Waals surface area contributed by atoms with Gasteiger partial charge in [-0.3, -0.25) is 0 Å². The van der Waals surface area contributed by atoms with E-state index >= 15 is 0 Å². The summed E-state index contributed by atoms with van der Waals surface area (Å²) in [6.45, 7) is 7.81. The van der Waals surface area contributed by atoms with Crippen LogP contribution in [-0.4, -0.2) is 14.1 Å². The van der Waals surface area contributed by atoms with Crippen molar-refractivity contribution >= 4 is 8.07 Å². The third-order valence-corrected chi connectivity index (χ3v) is 3.58. The smallest absolute Gasteiger partial charge is 0.129 e. The first-order valence-corrected chi connectivity index (χ1v) is 9.88. The average molecular weight is 243 g/mol. The van der Waals surface area contributed by atoms with Gasteiger partial charge in [-0.15, -0.1) is 5.54 Å². The molecule has 90 valence electrons. The van der Waals surface area contributed by atoms with E-state index in [0.29, 0.717) is 0 Å². The van der Waals surface area contributed by atoms with E-state index in [0.717, 1.165) is 18.2 Å². The SMILES string of the molecule is C[Si](C)(C)C#Cc1ccc(CNC2CC2)cc1. The van der Waals surface area contributed by atoms with Crippen LogP contribution in [0.15, 0.2) is 24.3 Å². The van der Waals surface area contributed by atoms with Gasteiger partial charge < -0.3 is 5.32 Å². The molecule has 2 heteroatoms. The van der Waals surface area contributed by atoms with Crippen LogP contribution >= 0.6 is 0 Å². The van der Waals surface area contributed by atoms with Gasteiger partial charge >= 0.3 is 0 Å². The van der Waals surface area contributed by atoms with E-state index in [9.17, 15) is 0 Å². The fourth-order valence-corrected chi connectivity index (χ4v) is 2.03. The van der Waals surface area contributed by atoms with Gasteiger partial charge in [-0.25, -0.2) is 0 Å². The lowest BCUT2D eigenvalue weighted by Gasteiger charge is -2.04. The van der Waals surface area contributed by atoms with E-state index in [-0.39, 0.29) is 0 Å². The molecule has 1 saturated carbocycles. The largest absolute Gasteiger partial charge is 0.310 e. The van der Waals surface area contributed by atoms with Crippen molar-refractivity contribution in [1.82, 2.24) is 5.32 Å². The average Bonchev–Trinajstić information content (AvgIpc) is 3.08. The summed E-state index contributed by atoms with van der Waals surface area (Å²) in [6.07, 6.45) is 2.69. The van der Waals surface area contributed by atoms with Crippen LogP contribution < -0.4 is 5.32 Å². The zero-order chi connectivity index (χ0) is 12.3. The molecule has 0 radical (unpaired) electrons. The number of benzene rings is 1. The lowest BCUT2D eigenvalue weighted by atomic mass is 10.1. The minimum absolute atomic E-state index is 0.779. The van der Waals surface area contributed by atoms with Crippen LogP contribution in [0, 0.1) is 11.5 Å². The van der Waals surface area contributed by atoms with Crippen molar-refractivity contribution in [2.45, 2.75) is 45.1 Å². The highest BCUT2D eigenvalue weighted by Gasteiger charge is 2.19. The summed E-state index contributed by atoms with van der Waals surface area (Å²) in [4.78, 5) is 0. The van der Waals surface area contributed by atoms with Crippen molar-refractivity contribution in [3.8, 4) is 11.5 Å². The summed E-state index contributed by atoms with van der Waals surface area (Å²) < 4.78 is 0. The lowest BCUT2D eigenvalue weighted by molar-refractivity contribution is 0.688. The van der Waals surface area contributed by atoms with Gasteiger partial charge in [0, 0.05) is 18.2 Å². The molecule has 1 N–H and O–H groups in total. The zero-order valence-corrected chi connectivity index (χ0v) is 12.0. The Labute approximate surface area is 106 Å². The molecular weight excluding hydrogens is 222 g/mol. The van der Waals surface area contributed by atoms with Gasteiger partial charge in [0.15, 0.2) is 0 Å². The highest BCUT2D eigenvalue weighted by molar-refractivity contribution is 6.83. The monoisotopic (exact) mass is 243 g/mol. The van der Waals surface area contributed by atoms with E-state index in [1.807, 2.05) is 0 Å². The van der Waals surface area contributed by atoms with Gasteiger partial charge in [0.25, 0.3) is 0 Å². The second kappa shape index (κ2) is 5.08. The molecule has 0 bridgehead atoms. The molecule has 0 spiro atoms. The molecule has 0 aromatic heterocycles. The summed E-state index contributed by atoms with van der Waals surface area (Å²) in [5, 5.41) is 3.52. The highest BCUT2D eigenvalue weighted by atomic mass is 28.3. The fourth-order valence-electron chi connectivity index (χ4n) is 1.52. The third-order valence-electron chi connectivity index (χ3n) is 2.71. The van der Waals surface area contributed by atoms with Gasteiger partial charge in [-0.1, -0.05) is 37.7 Å². The quantitative estimate of drug-likeness (QED) is 0.635. The van der Waals surface area contributed by atoms with Gasteiger partial charge in [0.05, 0.1) is 0 Å². The Morgan fingerprint density at radius 3 is 2.35 bits per heavy atom. The van der Waals surface area contributed by atoms with Crippen molar-refractivity contribution in [1.29, 1.82) is 0 Å². The van der Waals surface area contributed by atoms with Crippen LogP contribution in [0.25, 0.3) is 0 Å². The Morgan fingerprint density at radius 1 is 1.18 bits per heavy atom. The first-order chi connectivity index (χ1) is 8.03. The van der Waals surface area contributed by atoms with Crippen LogP contribution in [0.1, 0.15) is 24.0 Å². The van der Waals surface area contributed by atoms with E-state index in [2.05, 4.69) is 60.7 Å². The van der Waals surface area contributed by atoms with E-state index in [4.69, 9.17) is 0 Å². The van der Waals surface area contributed by atoms with Crippen molar-refractivity contribution in [3.05, 3.63) is 35.4 Å².